The Hall–Kier alpha value is -0.550. The number of nitrogens with one attached hydrogen (secondary N) is 1. The molecule has 0 heterocycles. The van der Waals surface area contributed by atoms with E-state index < -0.39 is 0 Å². The van der Waals surface area contributed by atoms with Gasteiger partial charge in [0.25, 0.3) is 0 Å². The van der Waals surface area contributed by atoms with Crippen LogP contribution in [0.2, 0.25) is 0 Å². The average Bonchev–Trinajstić information content (AvgIpc) is 2.26. The molecule has 0 aliphatic carbocycles. The summed E-state index contributed by atoms with van der Waals surface area (Å²) in [6, 6.07) is 2.14. The van der Waals surface area contributed by atoms with Gasteiger partial charge in [0.15, 0.2) is 0 Å². The number of nitriles is 1. The standard InChI is InChI=1S/C13H26N2/c1-2-3-4-5-6-7-8-9-12-15-13-10-11-14/h15H,2-10,12-13H2,1H3. The fourth-order valence-corrected chi connectivity index (χ4v) is 1.65. The summed E-state index contributed by atoms with van der Waals surface area (Å²) in [5, 5.41) is 11.6. The topological polar surface area (TPSA) is 35.8 Å². The highest BCUT2D eigenvalue weighted by molar-refractivity contribution is 4.69. The highest BCUT2D eigenvalue weighted by Gasteiger charge is 1.91. The quantitative estimate of drug-likeness (QED) is 0.529. The molecule has 0 aromatic rings. The van der Waals surface area contributed by atoms with Crippen LogP contribution in [-0.2, 0) is 0 Å². The smallest absolute Gasteiger partial charge is 0.0635 e. The van der Waals surface area contributed by atoms with Gasteiger partial charge in [0.05, 0.1) is 6.07 Å². The molecule has 0 aliphatic rings. The molecule has 0 amide bonds. The minimum Gasteiger partial charge on any atom is -0.316 e. The van der Waals surface area contributed by atoms with Crippen LogP contribution in [0.1, 0.15) is 64.7 Å². The van der Waals surface area contributed by atoms with Crippen molar-refractivity contribution in [3.8, 4) is 6.07 Å². The third-order valence-corrected chi connectivity index (χ3v) is 2.62. The molecule has 0 aromatic heterocycles. The monoisotopic (exact) mass is 210 g/mol. The lowest BCUT2D eigenvalue weighted by atomic mass is 10.1. The summed E-state index contributed by atoms with van der Waals surface area (Å²) >= 11 is 0. The molecule has 0 rings (SSSR count). The first kappa shape index (κ1) is 14.5. The van der Waals surface area contributed by atoms with E-state index >= 15 is 0 Å². The van der Waals surface area contributed by atoms with Crippen LogP contribution >= 0.6 is 0 Å². The van der Waals surface area contributed by atoms with E-state index in [-0.39, 0.29) is 0 Å². The minimum absolute atomic E-state index is 0.636. The Bertz CT molecular complexity index is 149. The number of unbranched alkanes of at least 4 members (excludes halogenated alkanes) is 7. The van der Waals surface area contributed by atoms with Crippen molar-refractivity contribution < 1.29 is 0 Å². The normalized spacial score (nSPS) is 10.1. The van der Waals surface area contributed by atoms with Crippen LogP contribution in [0.5, 0.6) is 0 Å². The molecule has 0 fully saturated rings. The van der Waals surface area contributed by atoms with Gasteiger partial charge in [-0.3, -0.25) is 0 Å². The predicted molar refractivity (Wildman–Crippen MR) is 65.7 cm³/mol. The minimum atomic E-state index is 0.636. The van der Waals surface area contributed by atoms with Crippen LogP contribution in [0.4, 0.5) is 0 Å². The van der Waals surface area contributed by atoms with E-state index in [0.29, 0.717) is 6.42 Å². The van der Waals surface area contributed by atoms with Gasteiger partial charge in [-0.15, -0.1) is 0 Å². The van der Waals surface area contributed by atoms with Crippen molar-refractivity contribution in [1.29, 1.82) is 5.26 Å². The third-order valence-electron chi connectivity index (χ3n) is 2.62. The van der Waals surface area contributed by atoms with Crippen molar-refractivity contribution >= 4 is 0 Å². The Morgan fingerprint density at radius 3 is 2.07 bits per heavy atom. The second kappa shape index (κ2) is 13.4. The van der Waals surface area contributed by atoms with Crippen molar-refractivity contribution in [1.82, 2.24) is 5.32 Å². The molecule has 0 saturated heterocycles. The molecule has 0 unspecified atom stereocenters. The zero-order valence-corrected chi connectivity index (χ0v) is 10.2. The second-order valence-electron chi connectivity index (χ2n) is 4.13. The van der Waals surface area contributed by atoms with Crippen LogP contribution in [0.25, 0.3) is 0 Å². The van der Waals surface area contributed by atoms with Crippen LogP contribution < -0.4 is 5.32 Å². The first-order valence-corrected chi connectivity index (χ1v) is 6.49. The van der Waals surface area contributed by atoms with Gasteiger partial charge in [-0.05, 0) is 13.0 Å². The summed E-state index contributed by atoms with van der Waals surface area (Å²) in [4.78, 5) is 0. The average molecular weight is 210 g/mol. The van der Waals surface area contributed by atoms with Gasteiger partial charge in [0.2, 0.25) is 0 Å². The number of hydrogen-bond acceptors (Lipinski definition) is 2. The highest BCUT2D eigenvalue weighted by Crippen LogP contribution is 2.07. The Kier molecular flexibility index (Phi) is 13.0. The number of nitrogens with zero attached hydrogens (tertiary/aromatic N) is 1. The molecule has 0 aromatic carbocycles. The largest absolute Gasteiger partial charge is 0.316 e. The van der Waals surface area contributed by atoms with E-state index in [2.05, 4.69) is 18.3 Å². The molecule has 2 nitrogen and oxygen atoms in total. The van der Waals surface area contributed by atoms with Crippen molar-refractivity contribution in [2.24, 2.45) is 0 Å². The first-order valence-electron chi connectivity index (χ1n) is 6.49. The number of hydrogen-bond donors (Lipinski definition) is 1. The van der Waals surface area contributed by atoms with Gasteiger partial charge >= 0.3 is 0 Å². The summed E-state index contributed by atoms with van der Waals surface area (Å²) in [5.74, 6) is 0. The summed E-state index contributed by atoms with van der Waals surface area (Å²) < 4.78 is 0. The Labute approximate surface area is 95.1 Å². The van der Waals surface area contributed by atoms with Gasteiger partial charge in [0, 0.05) is 13.0 Å². The maximum atomic E-state index is 8.32. The molecule has 0 saturated carbocycles. The molecule has 0 atom stereocenters. The molecule has 15 heavy (non-hydrogen) atoms. The zero-order chi connectivity index (χ0) is 11.2. The highest BCUT2D eigenvalue weighted by atomic mass is 14.8. The van der Waals surface area contributed by atoms with Crippen molar-refractivity contribution in [3.63, 3.8) is 0 Å². The second-order valence-corrected chi connectivity index (χ2v) is 4.13. The Balaban J connectivity index is 2.84. The maximum Gasteiger partial charge on any atom is 0.0635 e. The van der Waals surface area contributed by atoms with Gasteiger partial charge in [-0.25, -0.2) is 0 Å². The lowest BCUT2D eigenvalue weighted by Crippen LogP contribution is -2.15. The molecule has 1 N–H and O–H groups in total. The van der Waals surface area contributed by atoms with E-state index in [1.807, 2.05) is 0 Å². The zero-order valence-electron chi connectivity index (χ0n) is 10.2. The Morgan fingerprint density at radius 1 is 0.867 bits per heavy atom. The lowest BCUT2D eigenvalue weighted by molar-refractivity contribution is 0.557. The van der Waals surface area contributed by atoms with Crippen LogP contribution in [0.3, 0.4) is 0 Å². The molecule has 88 valence electrons. The van der Waals surface area contributed by atoms with Gasteiger partial charge in [-0.1, -0.05) is 51.9 Å². The lowest BCUT2D eigenvalue weighted by Gasteiger charge is -2.02. The van der Waals surface area contributed by atoms with Crippen LogP contribution in [0.15, 0.2) is 0 Å². The van der Waals surface area contributed by atoms with E-state index in [4.69, 9.17) is 5.26 Å². The van der Waals surface area contributed by atoms with Crippen LogP contribution in [0, 0.1) is 11.3 Å². The van der Waals surface area contributed by atoms with E-state index in [9.17, 15) is 0 Å². The molecular weight excluding hydrogens is 184 g/mol. The van der Waals surface area contributed by atoms with E-state index in [1.165, 1.54) is 51.4 Å². The summed E-state index contributed by atoms with van der Waals surface area (Å²) in [6.07, 6.45) is 11.6. The van der Waals surface area contributed by atoms with E-state index in [0.717, 1.165) is 13.1 Å². The molecule has 0 aliphatic heterocycles. The van der Waals surface area contributed by atoms with Gasteiger partial charge in [0.1, 0.15) is 0 Å². The third kappa shape index (κ3) is 13.4. The molecule has 0 radical (unpaired) electrons. The number of rotatable bonds is 11. The van der Waals surface area contributed by atoms with Crippen molar-refractivity contribution in [2.45, 2.75) is 64.7 Å². The fraction of sp³-hybridized carbons (Fsp3) is 0.923. The van der Waals surface area contributed by atoms with Gasteiger partial charge < -0.3 is 5.32 Å². The van der Waals surface area contributed by atoms with Crippen LogP contribution in [-0.4, -0.2) is 13.1 Å². The van der Waals surface area contributed by atoms with E-state index in [1.54, 1.807) is 0 Å². The maximum absolute atomic E-state index is 8.32. The summed E-state index contributed by atoms with van der Waals surface area (Å²) in [6.45, 7) is 4.19. The molecule has 2 heteroatoms. The fourth-order valence-electron chi connectivity index (χ4n) is 1.65. The van der Waals surface area contributed by atoms with Crippen molar-refractivity contribution in [3.05, 3.63) is 0 Å². The summed E-state index contributed by atoms with van der Waals surface area (Å²) in [7, 11) is 0. The Morgan fingerprint density at radius 2 is 1.47 bits per heavy atom. The molecule has 0 bridgehead atoms. The molecule has 0 spiro atoms. The first-order chi connectivity index (χ1) is 7.41. The predicted octanol–water partition coefficient (Wildman–Crippen LogP) is 3.63. The molecular formula is C13H26N2. The van der Waals surface area contributed by atoms with Crippen molar-refractivity contribution in [2.75, 3.05) is 13.1 Å². The SMILES string of the molecule is CCCCCCCCCCNCCC#N. The van der Waals surface area contributed by atoms with Gasteiger partial charge in [-0.2, -0.15) is 5.26 Å². The summed E-state index contributed by atoms with van der Waals surface area (Å²) in [5.41, 5.74) is 0.